The third kappa shape index (κ3) is 4.67. The van der Waals surface area contributed by atoms with Crippen LogP contribution in [0.25, 0.3) is 11.0 Å². The average Bonchev–Trinajstić information content (AvgIpc) is 3.05. The molecule has 0 spiro atoms. The number of aryl methyl sites for hydroxylation is 1. The average molecular weight is 378 g/mol. The highest BCUT2D eigenvalue weighted by molar-refractivity contribution is 5.91. The second-order valence-electron chi connectivity index (χ2n) is 7.23. The normalized spacial score (nSPS) is 15.5. The highest BCUT2D eigenvalue weighted by Gasteiger charge is 2.19. The summed E-state index contributed by atoms with van der Waals surface area (Å²) in [5.74, 6) is 0. The maximum absolute atomic E-state index is 12.7. The zero-order valence-electron chi connectivity index (χ0n) is 16.0. The van der Waals surface area contributed by atoms with Gasteiger partial charge in [0, 0.05) is 25.3 Å². The van der Waals surface area contributed by atoms with Gasteiger partial charge in [0.25, 0.3) is 0 Å². The van der Waals surface area contributed by atoms with Crippen LogP contribution in [0, 0.1) is 0 Å². The Hall–Kier alpha value is -2.93. The van der Waals surface area contributed by atoms with Gasteiger partial charge in [-0.1, -0.05) is 30.3 Å². The molecule has 0 radical (unpaired) electrons. The van der Waals surface area contributed by atoms with Crippen molar-refractivity contribution >= 4 is 22.8 Å². The van der Waals surface area contributed by atoms with Crippen molar-refractivity contribution in [3.8, 4) is 0 Å². The van der Waals surface area contributed by atoms with Crippen LogP contribution in [-0.4, -0.2) is 64.0 Å². The zero-order valence-corrected chi connectivity index (χ0v) is 16.0. The molecule has 0 aliphatic carbocycles. The predicted molar refractivity (Wildman–Crippen MR) is 110 cm³/mol. The second-order valence-corrected chi connectivity index (χ2v) is 7.23. The van der Waals surface area contributed by atoms with E-state index in [0.29, 0.717) is 0 Å². The predicted octanol–water partition coefficient (Wildman–Crippen LogP) is 3.13. The topological polar surface area (TPSA) is 77.1 Å². The number of urea groups is 1. The van der Waals surface area contributed by atoms with Gasteiger partial charge in [0.15, 0.2) is 0 Å². The lowest BCUT2D eigenvalue weighted by molar-refractivity contribution is 0.211. The maximum atomic E-state index is 12.7. The van der Waals surface area contributed by atoms with Crippen molar-refractivity contribution in [1.82, 2.24) is 25.2 Å². The zero-order chi connectivity index (χ0) is 19.2. The largest absolute Gasteiger partial charge is 0.323 e. The van der Waals surface area contributed by atoms with Crippen LogP contribution in [0.2, 0.25) is 0 Å². The monoisotopic (exact) mass is 378 g/mol. The van der Waals surface area contributed by atoms with E-state index in [0.717, 1.165) is 68.7 Å². The fraction of sp³-hybridized carbons (Fsp3) is 0.381. The van der Waals surface area contributed by atoms with Gasteiger partial charge in [0.1, 0.15) is 11.0 Å². The minimum absolute atomic E-state index is 0.0472. The van der Waals surface area contributed by atoms with Gasteiger partial charge in [-0.3, -0.25) is 0 Å². The van der Waals surface area contributed by atoms with Crippen LogP contribution >= 0.6 is 0 Å². The van der Waals surface area contributed by atoms with Crippen LogP contribution in [0.1, 0.15) is 18.4 Å². The van der Waals surface area contributed by atoms with E-state index in [9.17, 15) is 4.79 Å². The first-order valence-corrected chi connectivity index (χ1v) is 9.91. The summed E-state index contributed by atoms with van der Waals surface area (Å²) >= 11 is 0. The first kappa shape index (κ1) is 18.4. The number of anilines is 1. The van der Waals surface area contributed by atoms with Crippen molar-refractivity contribution in [2.45, 2.75) is 19.3 Å². The summed E-state index contributed by atoms with van der Waals surface area (Å²) < 4.78 is 0. The molecule has 2 amide bonds. The van der Waals surface area contributed by atoms with Gasteiger partial charge in [0.05, 0.1) is 0 Å². The summed E-state index contributed by atoms with van der Waals surface area (Å²) in [6.07, 6.45) is 3.25. The van der Waals surface area contributed by atoms with E-state index in [-0.39, 0.29) is 6.03 Å². The lowest BCUT2D eigenvalue weighted by atomic mass is 10.1. The molecule has 1 aliphatic heterocycles. The first-order valence-electron chi connectivity index (χ1n) is 9.91. The third-order valence-electron chi connectivity index (χ3n) is 5.23. The molecular weight excluding hydrogens is 352 g/mol. The van der Waals surface area contributed by atoms with Gasteiger partial charge in [-0.05, 0) is 56.1 Å². The van der Waals surface area contributed by atoms with Crippen molar-refractivity contribution in [1.29, 1.82) is 0 Å². The summed E-state index contributed by atoms with van der Waals surface area (Å²) in [4.78, 5) is 17.0. The fourth-order valence-electron chi connectivity index (χ4n) is 3.67. The van der Waals surface area contributed by atoms with Crippen molar-refractivity contribution < 1.29 is 4.79 Å². The standard InChI is InChI=1S/C21H26N6O/c28-21(22-18-9-10-19-20(16-18)24-25-23-19)27-13-5-12-26(14-15-27)11-4-8-17-6-2-1-3-7-17/h1-3,6-7,9-10,16H,4-5,8,11-15H2,(H,22,28)(H,23,24,25). The van der Waals surface area contributed by atoms with Crippen molar-refractivity contribution in [2.75, 3.05) is 38.0 Å². The van der Waals surface area contributed by atoms with Gasteiger partial charge in [-0.15, -0.1) is 0 Å². The number of carbonyl (C=O) groups excluding carboxylic acids is 1. The number of nitrogens with zero attached hydrogens (tertiary/aromatic N) is 4. The second kappa shape index (κ2) is 8.84. The van der Waals surface area contributed by atoms with Crippen LogP contribution in [0.5, 0.6) is 0 Å². The minimum atomic E-state index is -0.0472. The molecule has 4 rings (SSSR count). The van der Waals surface area contributed by atoms with Crippen LogP contribution in [-0.2, 0) is 6.42 Å². The van der Waals surface area contributed by atoms with E-state index < -0.39 is 0 Å². The molecular formula is C21H26N6O. The van der Waals surface area contributed by atoms with E-state index in [4.69, 9.17) is 0 Å². The Morgan fingerprint density at radius 3 is 2.75 bits per heavy atom. The van der Waals surface area contributed by atoms with E-state index in [2.05, 4.69) is 56.0 Å². The molecule has 1 aromatic heterocycles. The number of carbonyl (C=O) groups is 1. The number of aromatic nitrogens is 3. The third-order valence-corrected chi connectivity index (χ3v) is 5.23. The summed E-state index contributed by atoms with van der Waals surface area (Å²) in [5.41, 5.74) is 3.68. The SMILES string of the molecule is O=C(Nc1ccc2n[nH]nc2c1)N1CCCN(CCCc2ccccc2)CC1. The molecule has 3 aromatic rings. The number of hydrogen-bond donors (Lipinski definition) is 2. The summed E-state index contributed by atoms with van der Waals surface area (Å²) in [6, 6.07) is 16.1. The van der Waals surface area contributed by atoms with Gasteiger partial charge in [-0.25, -0.2) is 4.79 Å². The van der Waals surface area contributed by atoms with Gasteiger partial charge < -0.3 is 15.1 Å². The summed E-state index contributed by atoms with van der Waals surface area (Å²) in [7, 11) is 0. The van der Waals surface area contributed by atoms with E-state index in [1.165, 1.54) is 5.56 Å². The highest BCUT2D eigenvalue weighted by atomic mass is 16.2. The molecule has 7 heteroatoms. The summed E-state index contributed by atoms with van der Waals surface area (Å²) in [6.45, 7) is 4.58. The molecule has 2 N–H and O–H groups in total. The molecule has 0 bridgehead atoms. The number of rotatable bonds is 5. The Morgan fingerprint density at radius 2 is 1.86 bits per heavy atom. The molecule has 28 heavy (non-hydrogen) atoms. The van der Waals surface area contributed by atoms with E-state index in [1.807, 2.05) is 23.1 Å². The molecule has 1 aliphatic rings. The van der Waals surface area contributed by atoms with Crippen molar-refractivity contribution in [2.24, 2.45) is 0 Å². The molecule has 146 valence electrons. The molecule has 1 saturated heterocycles. The van der Waals surface area contributed by atoms with Gasteiger partial charge in [-0.2, -0.15) is 15.4 Å². The Balaban J connectivity index is 1.25. The molecule has 1 fully saturated rings. The molecule has 0 saturated carbocycles. The first-order chi connectivity index (χ1) is 13.8. The molecule has 0 atom stereocenters. The fourth-order valence-corrected chi connectivity index (χ4v) is 3.67. The van der Waals surface area contributed by atoms with E-state index in [1.54, 1.807) is 0 Å². The van der Waals surface area contributed by atoms with Crippen LogP contribution in [0.3, 0.4) is 0 Å². The Morgan fingerprint density at radius 1 is 1.00 bits per heavy atom. The molecule has 2 heterocycles. The van der Waals surface area contributed by atoms with Gasteiger partial charge in [0.2, 0.25) is 0 Å². The number of amides is 2. The lowest BCUT2D eigenvalue weighted by Crippen LogP contribution is -2.38. The number of aromatic amines is 1. The Labute approximate surface area is 164 Å². The minimum Gasteiger partial charge on any atom is -0.323 e. The number of hydrogen-bond acceptors (Lipinski definition) is 4. The maximum Gasteiger partial charge on any atom is 0.321 e. The quantitative estimate of drug-likeness (QED) is 0.715. The smallest absolute Gasteiger partial charge is 0.321 e. The molecule has 2 aromatic carbocycles. The summed E-state index contributed by atoms with van der Waals surface area (Å²) in [5, 5.41) is 13.7. The van der Waals surface area contributed by atoms with Crippen LogP contribution < -0.4 is 5.32 Å². The number of H-pyrrole nitrogens is 1. The Kier molecular flexibility index (Phi) is 5.82. The highest BCUT2D eigenvalue weighted by Crippen LogP contribution is 2.16. The van der Waals surface area contributed by atoms with Crippen LogP contribution in [0.4, 0.5) is 10.5 Å². The molecule has 7 nitrogen and oxygen atoms in total. The number of benzene rings is 2. The van der Waals surface area contributed by atoms with Crippen molar-refractivity contribution in [3.05, 3.63) is 54.1 Å². The molecule has 0 unspecified atom stereocenters. The van der Waals surface area contributed by atoms with E-state index >= 15 is 0 Å². The van der Waals surface area contributed by atoms with Gasteiger partial charge >= 0.3 is 6.03 Å². The van der Waals surface area contributed by atoms with Crippen LogP contribution in [0.15, 0.2) is 48.5 Å². The number of fused-ring (bicyclic) bond motifs is 1. The number of nitrogens with one attached hydrogen (secondary N) is 2. The van der Waals surface area contributed by atoms with Crippen molar-refractivity contribution in [3.63, 3.8) is 0 Å². The lowest BCUT2D eigenvalue weighted by Gasteiger charge is -2.22. The Bertz CT molecular complexity index is 909.